The first-order chi connectivity index (χ1) is 8.23. The molecule has 102 valence electrons. The van der Waals surface area contributed by atoms with Gasteiger partial charge in [-0.25, -0.2) is 9.59 Å². The molecule has 0 radical (unpaired) electrons. The quantitative estimate of drug-likeness (QED) is 0.391. The first kappa shape index (κ1) is 15.7. The third-order valence-electron chi connectivity index (χ3n) is 2.01. The number of carboxylic acid groups (broad SMARTS) is 3. The maximum absolute atomic E-state index is 11.1. The van der Waals surface area contributed by atoms with Gasteiger partial charge in [0.2, 0.25) is 0 Å². The predicted molar refractivity (Wildman–Crippen MR) is 57.0 cm³/mol. The lowest BCUT2D eigenvalue weighted by Crippen LogP contribution is -2.48. The Hall–Kier alpha value is -2.32. The Morgan fingerprint density at radius 1 is 1.06 bits per heavy atom. The Morgan fingerprint density at radius 2 is 1.61 bits per heavy atom. The van der Waals surface area contributed by atoms with Crippen molar-refractivity contribution in [1.29, 1.82) is 0 Å². The third-order valence-corrected chi connectivity index (χ3v) is 2.01. The number of aliphatic carboxylic acids is 3. The average molecular weight is 262 g/mol. The fourth-order valence-electron chi connectivity index (χ4n) is 1.04. The number of hydrogen-bond acceptors (Lipinski definition) is 4. The zero-order valence-corrected chi connectivity index (χ0v) is 9.54. The molecule has 0 aliphatic carbocycles. The first-order valence-corrected chi connectivity index (χ1v) is 4.95. The number of nitrogens with one attached hydrogen (secondary N) is 2. The Bertz CT molecular complexity index is 355. The van der Waals surface area contributed by atoms with Crippen LogP contribution in [0.25, 0.3) is 0 Å². The monoisotopic (exact) mass is 262 g/mol. The Morgan fingerprint density at radius 3 is 2.00 bits per heavy atom. The summed E-state index contributed by atoms with van der Waals surface area (Å²) in [5, 5.41) is 29.6. The zero-order chi connectivity index (χ0) is 14.3. The molecule has 0 aromatic heterocycles. The topological polar surface area (TPSA) is 153 Å². The van der Waals surface area contributed by atoms with Gasteiger partial charge >= 0.3 is 23.9 Å². The van der Waals surface area contributed by atoms with E-state index in [2.05, 4.69) is 0 Å². The zero-order valence-electron chi connectivity index (χ0n) is 9.54. The van der Waals surface area contributed by atoms with Crippen LogP contribution in [0.3, 0.4) is 0 Å². The molecule has 9 heteroatoms. The van der Waals surface area contributed by atoms with Gasteiger partial charge in [-0.3, -0.25) is 9.59 Å². The number of carbonyl (C=O) groups is 4. The lowest BCUT2D eigenvalue weighted by molar-refractivity contribution is -0.143. The van der Waals surface area contributed by atoms with Crippen LogP contribution in [0, 0.1) is 5.92 Å². The van der Waals surface area contributed by atoms with Crippen molar-refractivity contribution < 1.29 is 34.5 Å². The summed E-state index contributed by atoms with van der Waals surface area (Å²) in [6.07, 6.45) is -0.300. The molecule has 0 aliphatic heterocycles. The van der Waals surface area contributed by atoms with Crippen molar-refractivity contribution in [3.05, 3.63) is 0 Å². The molecule has 2 amide bonds. The van der Waals surface area contributed by atoms with Crippen molar-refractivity contribution in [2.24, 2.45) is 5.92 Å². The Labute approximate surface area is 102 Å². The van der Waals surface area contributed by atoms with Crippen molar-refractivity contribution >= 4 is 23.9 Å². The summed E-state index contributed by atoms with van der Waals surface area (Å²) in [7, 11) is 0. The molecule has 0 heterocycles. The van der Waals surface area contributed by atoms with Crippen LogP contribution >= 0.6 is 0 Å². The van der Waals surface area contributed by atoms with Crippen LogP contribution in [0.15, 0.2) is 0 Å². The molecule has 0 aromatic rings. The summed E-state index contributed by atoms with van der Waals surface area (Å²) < 4.78 is 0. The number of urea groups is 1. The largest absolute Gasteiger partial charge is 0.481 e. The van der Waals surface area contributed by atoms with Crippen molar-refractivity contribution in [2.75, 3.05) is 6.54 Å². The highest BCUT2D eigenvalue weighted by atomic mass is 16.4. The molecule has 2 unspecified atom stereocenters. The predicted octanol–water partition coefficient (Wildman–Crippen LogP) is -1.07. The molecule has 9 nitrogen and oxygen atoms in total. The summed E-state index contributed by atoms with van der Waals surface area (Å²) in [5.74, 6) is -4.82. The number of hydrogen-bond donors (Lipinski definition) is 5. The number of carboxylic acids is 3. The van der Waals surface area contributed by atoms with Crippen molar-refractivity contribution in [2.45, 2.75) is 19.4 Å². The number of carbonyl (C=O) groups excluding carboxylic acids is 1. The highest BCUT2D eigenvalue weighted by Crippen LogP contribution is 2.06. The van der Waals surface area contributed by atoms with Crippen LogP contribution < -0.4 is 10.6 Å². The van der Waals surface area contributed by atoms with Crippen LogP contribution in [-0.4, -0.2) is 51.8 Å². The molecule has 0 aliphatic rings. The van der Waals surface area contributed by atoms with Gasteiger partial charge in [0.15, 0.2) is 0 Å². The summed E-state index contributed by atoms with van der Waals surface area (Å²) in [4.78, 5) is 42.6. The summed E-state index contributed by atoms with van der Waals surface area (Å²) in [5.41, 5.74) is 0. The second-order valence-corrected chi connectivity index (χ2v) is 3.59. The Kier molecular flexibility index (Phi) is 6.18. The van der Waals surface area contributed by atoms with Gasteiger partial charge in [-0.1, -0.05) is 6.92 Å². The SMILES string of the molecule is CC(CC(NC(=O)NCC(=O)O)C(=O)O)C(=O)O. The van der Waals surface area contributed by atoms with Gasteiger partial charge in [-0.2, -0.15) is 0 Å². The molecule has 0 bridgehead atoms. The van der Waals surface area contributed by atoms with Gasteiger partial charge in [-0.05, 0) is 6.42 Å². The third kappa shape index (κ3) is 6.30. The molecule has 5 N–H and O–H groups in total. The van der Waals surface area contributed by atoms with E-state index in [1.54, 1.807) is 0 Å². The van der Waals surface area contributed by atoms with E-state index in [4.69, 9.17) is 15.3 Å². The van der Waals surface area contributed by atoms with Crippen LogP contribution in [-0.2, 0) is 14.4 Å². The fourth-order valence-corrected chi connectivity index (χ4v) is 1.04. The van der Waals surface area contributed by atoms with E-state index in [1.807, 2.05) is 10.6 Å². The van der Waals surface area contributed by atoms with Gasteiger partial charge in [0.25, 0.3) is 0 Å². The highest BCUT2D eigenvalue weighted by molar-refractivity contribution is 5.85. The minimum atomic E-state index is -1.40. The fraction of sp³-hybridized carbons (Fsp3) is 0.556. The van der Waals surface area contributed by atoms with Crippen LogP contribution in [0.2, 0.25) is 0 Å². The molecular weight excluding hydrogens is 248 g/mol. The van der Waals surface area contributed by atoms with Crippen LogP contribution in [0.5, 0.6) is 0 Å². The first-order valence-electron chi connectivity index (χ1n) is 4.95. The maximum atomic E-state index is 11.1. The maximum Gasteiger partial charge on any atom is 0.326 e. The van der Waals surface area contributed by atoms with E-state index in [0.717, 1.165) is 0 Å². The van der Waals surface area contributed by atoms with Crippen molar-refractivity contribution in [1.82, 2.24) is 10.6 Å². The molecule has 0 saturated heterocycles. The average Bonchev–Trinajstić information content (AvgIpc) is 2.24. The highest BCUT2D eigenvalue weighted by Gasteiger charge is 2.25. The van der Waals surface area contributed by atoms with E-state index < -0.39 is 42.4 Å². The Balaban J connectivity index is 4.36. The van der Waals surface area contributed by atoms with E-state index in [1.165, 1.54) is 6.92 Å². The van der Waals surface area contributed by atoms with Gasteiger partial charge < -0.3 is 26.0 Å². The molecule has 0 aromatic carbocycles. The van der Waals surface area contributed by atoms with Crippen molar-refractivity contribution in [3.63, 3.8) is 0 Å². The molecular formula is C9H14N2O7. The van der Waals surface area contributed by atoms with E-state index in [0.29, 0.717) is 0 Å². The van der Waals surface area contributed by atoms with E-state index in [9.17, 15) is 19.2 Å². The summed E-state index contributed by atoms with van der Waals surface area (Å²) >= 11 is 0. The van der Waals surface area contributed by atoms with Gasteiger partial charge in [0.05, 0.1) is 5.92 Å². The molecule has 0 saturated carbocycles. The van der Waals surface area contributed by atoms with Crippen molar-refractivity contribution in [3.8, 4) is 0 Å². The lowest BCUT2D eigenvalue weighted by atomic mass is 10.0. The number of rotatable bonds is 7. The number of amides is 2. The minimum absolute atomic E-state index is 0.300. The van der Waals surface area contributed by atoms with Crippen LogP contribution in [0.1, 0.15) is 13.3 Å². The molecule has 2 atom stereocenters. The second-order valence-electron chi connectivity index (χ2n) is 3.59. The summed E-state index contributed by atoms with van der Waals surface area (Å²) in [6, 6.07) is -2.38. The summed E-state index contributed by atoms with van der Waals surface area (Å²) in [6.45, 7) is 0.641. The van der Waals surface area contributed by atoms with Gasteiger partial charge in [-0.15, -0.1) is 0 Å². The smallest absolute Gasteiger partial charge is 0.326 e. The molecule has 18 heavy (non-hydrogen) atoms. The van der Waals surface area contributed by atoms with Gasteiger partial charge in [0.1, 0.15) is 12.6 Å². The van der Waals surface area contributed by atoms with E-state index >= 15 is 0 Å². The second kappa shape index (κ2) is 7.09. The van der Waals surface area contributed by atoms with Gasteiger partial charge in [0, 0.05) is 0 Å². The van der Waals surface area contributed by atoms with Crippen LogP contribution in [0.4, 0.5) is 4.79 Å². The molecule has 0 fully saturated rings. The molecule has 0 rings (SSSR count). The normalized spacial score (nSPS) is 13.2. The molecule has 0 spiro atoms. The standard InChI is InChI=1S/C9H14N2O7/c1-4(7(14)15)2-5(8(16)17)11-9(18)10-3-6(12)13/h4-5H,2-3H2,1H3,(H,12,13)(H,14,15)(H,16,17)(H2,10,11,18). The lowest BCUT2D eigenvalue weighted by Gasteiger charge is -2.16. The van der Waals surface area contributed by atoms with E-state index in [-0.39, 0.29) is 6.42 Å². The minimum Gasteiger partial charge on any atom is -0.481 e.